The summed E-state index contributed by atoms with van der Waals surface area (Å²) in [5.74, 6) is 0.644. The van der Waals surface area contributed by atoms with Crippen LogP contribution < -0.4 is 21.1 Å². The van der Waals surface area contributed by atoms with Crippen molar-refractivity contribution in [1.82, 2.24) is 0 Å². The predicted molar refractivity (Wildman–Crippen MR) is 101 cm³/mol. The first-order valence-electron chi connectivity index (χ1n) is 7.63. The monoisotopic (exact) mass is 349 g/mol. The summed E-state index contributed by atoms with van der Waals surface area (Å²) in [6.07, 6.45) is 0. The summed E-state index contributed by atoms with van der Waals surface area (Å²) in [6, 6.07) is 13.3. The van der Waals surface area contributed by atoms with E-state index in [9.17, 15) is 4.79 Å². The molecule has 130 valence electrons. The summed E-state index contributed by atoms with van der Waals surface area (Å²) in [7, 11) is 0. The standard InChI is InChI=1S/C18H23N3O2.ClH/c1-13-4-3-5-14(2)18(13)20-12-17(22)21-15-6-8-16(9-7-15)23-11-10-19;/h3-9,20H,10-12,19H2,1-2H3,(H,21,22);1H. The third kappa shape index (κ3) is 5.76. The first-order valence-corrected chi connectivity index (χ1v) is 7.63. The highest BCUT2D eigenvalue weighted by Crippen LogP contribution is 2.19. The fraction of sp³-hybridized carbons (Fsp3) is 0.278. The lowest BCUT2D eigenvalue weighted by Gasteiger charge is -2.13. The van der Waals surface area contributed by atoms with Gasteiger partial charge < -0.3 is 21.1 Å². The van der Waals surface area contributed by atoms with Gasteiger partial charge in [-0.1, -0.05) is 18.2 Å². The van der Waals surface area contributed by atoms with Crippen LogP contribution in [0, 0.1) is 13.8 Å². The van der Waals surface area contributed by atoms with Gasteiger partial charge in [-0.3, -0.25) is 4.79 Å². The van der Waals surface area contributed by atoms with E-state index in [2.05, 4.69) is 10.6 Å². The van der Waals surface area contributed by atoms with Crippen LogP contribution in [0.15, 0.2) is 42.5 Å². The molecule has 0 unspecified atom stereocenters. The molecule has 0 bridgehead atoms. The lowest BCUT2D eigenvalue weighted by Crippen LogP contribution is -2.22. The molecule has 0 spiro atoms. The molecule has 2 aromatic carbocycles. The number of carbonyl (C=O) groups is 1. The van der Waals surface area contributed by atoms with Gasteiger partial charge in [-0.05, 0) is 49.2 Å². The molecule has 0 atom stereocenters. The van der Waals surface area contributed by atoms with Crippen molar-refractivity contribution in [3.05, 3.63) is 53.6 Å². The van der Waals surface area contributed by atoms with Crippen LogP contribution in [0.4, 0.5) is 11.4 Å². The van der Waals surface area contributed by atoms with Gasteiger partial charge in [0.05, 0.1) is 6.54 Å². The Kier molecular flexibility index (Phi) is 8.09. The van der Waals surface area contributed by atoms with Gasteiger partial charge in [0, 0.05) is 17.9 Å². The molecule has 0 fully saturated rings. The number of halogens is 1. The highest BCUT2D eigenvalue weighted by molar-refractivity contribution is 5.94. The average molecular weight is 350 g/mol. The number of carbonyl (C=O) groups excluding carboxylic acids is 1. The van der Waals surface area contributed by atoms with Crippen LogP contribution in [0.1, 0.15) is 11.1 Å². The van der Waals surface area contributed by atoms with Gasteiger partial charge in [0.15, 0.2) is 0 Å². The molecule has 1 amide bonds. The number of amides is 1. The number of nitrogens with two attached hydrogens (primary N) is 1. The number of para-hydroxylation sites is 1. The zero-order valence-electron chi connectivity index (χ0n) is 14.0. The zero-order chi connectivity index (χ0) is 16.7. The lowest BCUT2D eigenvalue weighted by molar-refractivity contribution is -0.114. The Labute approximate surface area is 149 Å². The van der Waals surface area contributed by atoms with Crippen molar-refractivity contribution in [2.24, 2.45) is 5.73 Å². The van der Waals surface area contributed by atoms with Crippen LogP contribution >= 0.6 is 12.4 Å². The van der Waals surface area contributed by atoms with Crippen LogP contribution in [-0.2, 0) is 4.79 Å². The van der Waals surface area contributed by atoms with Crippen molar-refractivity contribution in [3.63, 3.8) is 0 Å². The molecule has 0 aliphatic rings. The molecule has 0 radical (unpaired) electrons. The SMILES string of the molecule is Cc1cccc(C)c1NCC(=O)Nc1ccc(OCCN)cc1.Cl. The molecule has 0 aliphatic carbocycles. The summed E-state index contributed by atoms with van der Waals surface area (Å²) in [5, 5.41) is 6.04. The molecule has 0 saturated carbocycles. The Morgan fingerprint density at radius 1 is 1.08 bits per heavy atom. The average Bonchev–Trinajstić information content (AvgIpc) is 2.54. The smallest absolute Gasteiger partial charge is 0.243 e. The molecule has 4 N–H and O–H groups in total. The van der Waals surface area contributed by atoms with E-state index >= 15 is 0 Å². The maximum atomic E-state index is 12.0. The van der Waals surface area contributed by atoms with Crippen molar-refractivity contribution in [2.75, 3.05) is 30.3 Å². The first-order chi connectivity index (χ1) is 11.1. The maximum absolute atomic E-state index is 12.0. The third-order valence-electron chi connectivity index (χ3n) is 3.43. The second-order valence-corrected chi connectivity index (χ2v) is 5.33. The van der Waals surface area contributed by atoms with E-state index in [1.807, 2.05) is 56.3 Å². The summed E-state index contributed by atoms with van der Waals surface area (Å²) in [6.45, 7) is 5.21. The number of hydrogen-bond donors (Lipinski definition) is 3. The van der Waals surface area contributed by atoms with E-state index in [-0.39, 0.29) is 24.9 Å². The maximum Gasteiger partial charge on any atom is 0.243 e. The fourth-order valence-corrected chi connectivity index (χ4v) is 2.28. The van der Waals surface area contributed by atoms with Crippen LogP contribution in [0.25, 0.3) is 0 Å². The minimum absolute atomic E-state index is 0. The number of rotatable bonds is 7. The molecule has 0 aromatic heterocycles. The molecular formula is C18H24ClN3O2. The largest absolute Gasteiger partial charge is 0.492 e. The van der Waals surface area contributed by atoms with E-state index in [0.717, 1.165) is 28.3 Å². The molecule has 0 aliphatic heterocycles. The molecule has 0 heterocycles. The summed E-state index contributed by atoms with van der Waals surface area (Å²) >= 11 is 0. The quantitative estimate of drug-likeness (QED) is 0.717. The molecular weight excluding hydrogens is 326 g/mol. The van der Waals surface area contributed by atoms with Gasteiger partial charge in [-0.25, -0.2) is 0 Å². The molecule has 24 heavy (non-hydrogen) atoms. The summed E-state index contributed by atoms with van der Waals surface area (Å²) < 4.78 is 5.40. The first kappa shape index (κ1) is 19.8. The van der Waals surface area contributed by atoms with Gasteiger partial charge in [0.25, 0.3) is 0 Å². The highest BCUT2D eigenvalue weighted by Gasteiger charge is 2.06. The predicted octanol–water partition coefficient (Wildman–Crippen LogP) is 3.11. The minimum Gasteiger partial charge on any atom is -0.492 e. The number of nitrogens with one attached hydrogen (secondary N) is 2. The van der Waals surface area contributed by atoms with E-state index in [4.69, 9.17) is 10.5 Å². The Morgan fingerprint density at radius 3 is 2.29 bits per heavy atom. The minimum atomic E-state index is -0.0942. The molecule has 6 heteroatoms. The van der Waals surface area contributed by atoms with Gasteiger partial charge in [-0.15, -0.1) is 12.4 Å². The Morgan fingerprint density at radius 2 is 1.71 bits per heavy atom. The second-order valence-electron chi connectivity index (χ2n) is 5.33. The van der Waals surface area contributed by atoms with Crippen molar-refractivity contribution >= 4 is 29.7 Å². The Bertz CT molecular complexity index is 640. The number of aryl methyl sites for hydroxylation is 2. The zero-order valence-corrected chi connectivity index (χ0v) is 14.8. The Hall–Kier alpha value is -2.24. The van der Waals surface area contributed by atoms with Crippen molar-refractivity contribution < 1.29 is 9.53 Å². The molecule has 5 nitrogen and oxygen atoms in total. The van der Waals surface area contributed by atoms with Gasteiger partial charge in [0.2, 0.25) is 5.91 Å². The van der Waals surface area contributed by atoms with Crippen molar-refractivity contribution in [2.45, 2.75) is 13.8 Å². The number of benzene rings is 2. The fourth-order valence-electron chi connectivity index (χ4n) is 2.28. The van der Waals surface area contributed by atoms with Crippen molar-refractivity contribution in [1.29, 1.82) is 0 Å². The van der Waals surface area contributed by atoms with Crippen LogP contribution in [0.3, 0.4) is 0 Å². The molecule has 2 rings (SSSR count). The van der Waals surface area contributed by atoms with E-state index in [1.54, 1.807) is 0 Å². The topological polar surface area (TPSA) is 76.4 Å². The molecule has 0 saturated heterocycles. The van der Waals surface area contributed by atoms with Gasteiger partial charge >= 0.3 is 0 Å². The van der Waals surface area contributed by atoms with E-state index in [0.29, 0.717) is 13.2 Å². The van der Waals surface area contributed by atoms with Crippen LogP contribution in [0.5, 0.6) is 5.75 Å². The van der Waals surface area contributed by atoms with Crippen molar-refractivity contribution in [3.8, 4) is 5.75 Å². The van der Waals surface area contributed by atoms with E-state index < -0.39 is 0 Å². The van der Waals surface area contributed by atoms with Crippen LogP contribution in [0.2, 0.25) is 0 Å². The normalized spacial score (nSPS) is 9.79. The third-order valence-corrected chi connectivity index (χ3v) is 3.43. The van der Waals surface area contributed by atoms with Gasteiger partial charge in [0.1, 0.15) is 12.4 Å². The lowest BCUT2D eigenvalue weighted by atomic mass is 10.1. The summed E-state index contributed by atoms with van der Waals surface area (Å²) in [5.41, 5.74) is 9.38. The summed E-state index contributed by atoms with van der Waals surface area (Å²) in [4.78, 5) is 12.0. The Balaban J connectivity index is 0.00000288. The second kappa shape index (κ2) is 9.80. The molecule has 2 aromatic rings. The van der Waals surface area contributed by atoms with Crippen LogP contribution in [-0.4, -0.2) is 25.6 Å². The van der Waals surface area contributed by atoms with E-state index in [1.165, 1.54) is 0 Å². The number of hydrogen-bond acceptors (Lipinski definition) is 4. The number of anilines is 2. The van der Waals surface area contributed by atoms with Gasteiger partial charge in [-0.2, -0.15) is 0 Å². The number of ether oxygens (including phenoxy) is 1. The highest BCUT2D eigenvalue weighted by atomic mass is 35.5.